The first-order chi connectivity index (χ1) is 10.0. The molecule has 0 atom stereocenters. The maximum atomic E-state index is 13.2. The molecule has 2 aromatic rings. The van der Waals surface area contributed by atoms with Gasteiger partial charge in [0.05, 0.1) is 18.4 Å². The lowest BCUT2D eigenvalue weighted by atomic mass is 10.1. The number of amides is 1. The number of rotatable bonds is 3. The zero-order chi connectivity index (χ0) is 15.4. The van der Waals surface area contributed by atoms with Crippen LogP contribution in [0.2, 0.25) is 5.02 Å². The molecule has 1 N–H and O–H groups in total. The van der Waals surface area contributed by atoms with Gasteiger partial charge in [0.15, 0.2) is 0 Å². The van der Waals surface area contributed by atoms with Gasteiger partial charge >= 0.3 is 5.97 Å². The number of hydrogen-bond acceptors (Lipinski definition) is 4. The van der Waals surface area contributed by atoms with Crippen molar-refractivity contribution in [1.29, 1.82) is 0 Å². The van der Waals surface area contributed by atoms with Crippen molar-refractivity contribution in [3.63, 3.8) is 0 Å². The molecule has 5 nitrogen and oxygen atoms in total. The van der Waals surface area contributed by atoms with E-state index in [0.717, 1.165) is 19.2 Å². The summed E-state index contributed by atoms with van der Waals surface area (Å²) in [5.41, 5.74) is 0.102. The summed E-state index contributed by atoms with van der Waals surface area (Å²) < 4.78 is 17.8. The van der Waals surface area contributed by atoms with Gasteiger partial charge in [0.25, 0.3) is 5.91 Å². The zero-order valence-electron chi connectivity index (χ0n) is 10.9. The van der Waals surface area contributed by atoms with Crippen molar-refractivity contribution >= 4 is 29.2 Å². The van der Waals surface area contributed by atoms with Gasteiger partial charge in [-0.2, -0.15) is 0 Å². The van der Waals surface area contributed by atoms with Crippen molar-refractivity contribution in [2.24, 2.45) is 0 Å². The predicted molar refractivity (Wildman–Crippen MR) is 74.9 cm³/mol. The topological polar surface area (TPSA) is 68.3 Å². The maximum absolute atomic E-state index is 13.2. The number of pyridine rings is 1. The van der Waals surface area contributed by atoms with Gasteiger partial charge < -0.3 is 10.1 Å². The van der Waals surface area contributed by atoms with Crippen LogP contribution in [0.25, 0.3) is 0 Å². The highest BCUT2D eigenvalue weighted by Crippen LogP contribution is 2.19. The highest BCUT2D eigenvalue weighted by atomic mass is 35.5. The molecule has 0 saturated heterocycles. The van der Waals surface area contributed by atoms with E-state index in [1.54, 1.807) is 0 Å². The van der Waals surface area contributed by atoms with E-state index in [2.05, 4.69) is 15.0 Å². The number of benzene rings is 1. The highest BCUT2D eigenvalue weighted by Gasteiger charge is 2.16. The molecular weight excluding hydrogens is 299 g/mol. The molecular formula is C14H10ClFN2O3. The average Bonchev–Trinajstić information content (AvgIpc) is 2.48. The van der Waals surface area contributed by atoms with Crippen molar-refractivity contribution in [3.8, 4) is 0 Å². The highest BCUT2D eigenvalue weighted by molar-refractivity contribution is 6.31. The van der Waals surface area contributed by atoms with E-state index in [1.165, 1.54) is 24.4 Å². The second-order valence-corrected chi connectivity index (χ2v) is 4.43. The van der Waals surface area contributed by atoms with Crippen LogP contribution in [0, 0.1) is 5.82 Å². The number of carbonyl (C=O) groups excluding carboxylic acids is 2. The number of carbonyl (C=O) groups is 2. The summed E-state index contributed by atoms with van der Waals surface area (Å²) in [6.45, 7) is 0. The van der Waals surface area contributed by atoms with Gasteiger partial charge in [-0.15, -0.1) is 0 Å². The van der Waals surface area contributed by atoms with Crippen molar-refractivity contribution in [1.82, 2.24) is 4.98 Å². The number of nitrogens with zero attached hydrogens (tertiary/aromatic N) is 1. The minimum Gasteiger partial charge on any atom is -0.465 e. The van der Waals surface area contributed by atoms with Gasteiger partial charge in [0.1, 0.15) is 11.5 Å². The fourth-order valence-electron chi connectivity index (χ4n) is 1.62. The number of anilines is 1. The molecule has 0 aliphatic heterocycles. The molecule has 1 amide bonds. The quantitative estimate of drug-likeness (QED) is 0.885. The minimum atomic E-state index is -0.760. The van der Waals surface area contributed by atoms with Crippen LogP contribution in [0.4, 0.5) is 10.1 Å². The van der Waals surface area contributed by atoms with Gasteiger partial charge in [0.2, 0.25) is 0 Å². The Kier molecular flexibility index (Phi) is 4.49. The van der Waals surface area contributed by atoms with Gasteiger partial charge in [-0.05, 0) is 30.3 Å². The lowest BCUT2D eigenvalue weighted by molar-refractivity contribution is 0.0601. The standard InChI is InChI=1S/C14H10ClFN2O3/c1-21-14(20)10-7-9(16)2-3-11(10)18-13(19)12-6-8(15)4-5-17-12/h2-7H,1H3,(H,18,19). The molecule has 0 spiro atoms. The number of halogens is 2. The van der Waals surface area contributed by atoms with Crippen LogP contribution >= 0.6 is 11.6 Å². The van der Waals surface area contributed by atoms with Crippen LogP contribution in [0.5, 0.6) is 0 Å². The Morgan fingerprint density at radius 3 is 2.71 bits per heavy atom. The Morgan fingerprint density at radius 1 is 1.29 bits per heavy atom. The van der Waals surface area contributed by atoms with Crippen LogP contribution in [0.3, 0.4) is 0 Å². The molecule has 1 aromatic carbocycles. The molecule has 1 heterocycles. The van der Waals surface area contributed by atoms with Crippen LogP contribution in [-0.2, 0) is 4.74 Å². The number of esters is 1. The Morgan fingerprint density at radius 2 is 2.05 bits per heavy atom. The van der Waals surface area contributed by atoms with E-state index < -0.39 is 17.7 Å². The third kappa shape index (κ3) is 3.55. The first-order valence-corrected chi connectivity index (χ1v) is 6.20. The summed E-state index contributed by atoms with van der Waals surface area (Å²) in [6, 6.07) is 6.26. The predicted octanol–water partition coefficient (Wildman–Crippen LogP) is 2.91. The molecule has 2 rings (SSSR count). The number of aromatic nitrogens is 1. The molecule has 0 aliphatic rings. The molecule has 21 heavy (non-hydrogen) atoms. The summed E-state index contributed by atoms with van der Waals surface area (Å²) in [6.07, 6.45) is 1.38. The zero-order valence-corrected chi connectivity index (χ0v) is 11.6. The van der Waals surface area contributed by atoms with Gasteiger partial charge in [0, 0.05) is 11.2 Å². The SMILES string of the molecule is COC(=O)c1cc(F)ccc1NC(=O)c1cc(Cl)ccn1. The Hall–Kier alpha value is -2.47. The van der Waals surface area contributed by atoms with E-state index in [-0.39, 0.29) is 16.9 Å². The van der Waals surface area contributed by atoms with Crippen LogP contribution < -0.4 is 5.32 Å². The number of nitrogens with one attached hydrogen (secondary N) is 1. The van der Waals surface area contributed by atoms with Crippen LogP contribution in [-0.4, -0.2) is 24.0 Å². The van der Waals surface area contributed by atoms with Crippen LogP contribution in [0.1, 0.15) is 20.8 Å². The lowest BCUT2D eigenvalue weighted by Gasteiger charge is -2.09. The third-order valence-electron chi connectivity index (χ3n) is 2.59. The Balaban J connectivity index is 2.31. The monoisotopic (exact) mass is 308 g/mol. The van der Waals surface area contributed by atoms with Crippen molar-refractivity contribution in [2.75, 3.05) is 12.4 Å². The average molecular weight is 309 g/mol. The molecule has 0 saturated carbocycles. The molecule has 108 valence electrons. The first kappa shape index (κ1) is 14.9. The summed E-state index contributed by atoms with van der Waals surface area (Å²) in [5, 5.41) is 2.82. The van der Waals surface area contributed by atoms with Crippen LogP contribution in [0.15, 0.2) is 36.5 Å². The Labute approximate surface area is 124 Å². The summed E-state index contributed by atoms with van der Waals surface area (Å²) in [5.74, 6) is -1.95. The second kappa shape index (κ2) is 6.32. The fourth-order valence-corrected chi connectivity index (χ4v) is 1.78. The molecule has 7 heteroatoms. The molecule has 0 radical (unpaired) electrons. The van der Waals surface area contributed by atoms with E-state index in [9.17, 15) is 14.0 Å². The summed E-state index contributed by atoms with van der Waals surface area (Å²) in [4.78, 5) is 27.5. The fraction of sp³-hybridized carbons (Fsp3) is 0.0714. The lowest BCUT2D eigenvalue weighted by Crippen LogP contribution is -2.16. The normalized spacial score (nSPS) is 10.0. The number of ether oxygens (including phenoxy) is 1. The maximum Gasteiger partial charge on any atom is 0.340 e. The van der Waals surface area contributed by atoms with Crippen molar-refractivity contribution < 1.29 is 18.7 Å². The molecule has 0 aliphatic carbocycles. The number of hydrogen-bond donors (Lipinski definition) is 1. The van der Waals surface area contributed by atoms with Gasteiger partial charge in [-0.3, -0.25) is 9.78 Å². The Bertz CT molecular complexity index is 706. The van der Waals surface area contributed by atoms with Gasteiger partial charge in [-0.25, -0.2) is 9.18 Å². The first-order valence-electron chi connectivity index (χ1n) is 5.82. The van der Waals surface area contributed by atoms with Crippen molar-refractivity contribution in [2.45, 2.75) is 0 Å². The number of methoxy groups -OCH3 is 1. The van der Waals surface area contributed by atoms with E-state index >= 15 is 0 Å². The third-order valence-corrected chi connectivity index (χ3v) is 2.82. The van der Waals surface area contributed by atoms with Gasteiger partial charge in [-0.1, -0.05) is 11.6 Å². The largest absolute Gasteiger partial charge is 0.465 e. The molecule has 0 bridgehead atoms. The van der Waals surface area contributed by atoms with E-state index in [0.29, 0.717) is 5.02 Å². The van der Waals surface area contributed by atoms with Crippen molar-refractivity contribution in [3.05, 3.63) is 58.6 Å². The second-order valence-electron chi connectivity index (χ2n) is 3.99. The molecule has 1 aromatic heterocycles. The van der Waals surface area contributed by atoms with E-state index in [1.807, 2.05) is 0 Å². The smallest absolute Gasteiger partial charge is 0.340 e. The minimum absolute atomic E-state index is 0.0719. The summed E-state index contributed by atoms with van der Waals surface area (Å²) >= 11 is 5.77. The summed E-state index contributed by atoms with van der Waals surface area (Å²) in [7, 11) is 1.16. The van der Waals surface area contributed by atoms with E-state index in [4.69, 9.17) is 11.6 Å². The molecule has 0 fully saturated rings. The molecule has 0 unspecified atom stereocenters.